The van der Waals surface area contributed by atoms with Gasteiger partial charge in [-0.2, -0.15) is 0 Å². The molecule has 2 aromatic carbocycles. The maximum Gasteiger partial charge on any atom is 0.167 e. The lowest BCUT2D eigenvalue weighted by Crippen LogP contribution is -2.10. The molecule has 0 bridgehead atoms. The number of halogens is 3. The zero-order valence-corrected chi connectivity index (χ0v) is 11.0. The minimum absolute atomic E-state index is 0.0544. The third kappa shape index (κ3) is 3.48. The second-order valence-electron chi connectivity index (χ2n) is 4.08. The smallest absolute Gasteiger partial charge is 0.167 e. The van der Waals surface area contributed by atoms with Gasteiger partial charge in [0, 0.05) is 11.6 Å². The summed E-state index contributed by atoms with van der Waals surface area (Å²) >= 11 is 4.76. The Kier molecular flexibility index (Phi) is 4.24. The lowest BCUT2D eigenvalue weighted by molar-refractivity contribution is 0.289. The summed E-state index contributed by atoms with van der Waals surface area (Å²) in [5, 5.41) is 0. The van der Waals surface area contributed by atoms with Crippen molar-refractivity contribution in [2.24, 2.45) is 5.73 Å². The van der Waals surface area contributed by atoms with E-state index in [0.29, 0.717) is 17.2 Å². The van der Waals surface area contributed by atoms with Crippen molar-refractivity contribution in [3.05, 3.63) is 65.0 Å². The number of hydrogen-bond acceptors (Lipinski definition) is 2. The van der Waals surface area contributed by atoms with Crippen LogP contribution in [-0.4, -0.2) is 4.99 Å². The minimum Gasteiger partial charge on any atom is -0.486 e. The Morgan fingerprint density at radius 2 is 1.80 bits per heavy atom. The highest BCUT2D eigenvalue weighted by molar-refractivity contribution is 7.80. The van der Waals surface area contributed by atoms with Gasteiger partial charge in [0.05, 0.1) is 0 Å². The van der Waals surface area contributed by atoms with Gasteiger partial charge in [-0.15, -0.1) is 0 Å². The Morgan fingerprint density at radius 3 is 2.45 bits per heavy atom. The van der Waals surface area contributed by atoms with Crippen molar-refractivity contribution < 1.29 is 17.9 Å². The van der Waals surface area contributed by atoms with Gasteiger partial charge in [0.25, 0.3) is 0 Å². The first-order valence-electron chi connectivity index (χ1n) is 5.63. The standard InChI is InChI=1S/C14H10F3NOS/c15-10-1-2-13(12(17)6-10)19-7-8-3-9(14(18)20)5-11(16)4-8/h1-6H,7H2,(H2,18,20). The number of ether oxygens (including phenoxy) is 1. The van der Waals surface area contributed by atoms with E-state index < -0.39 is 17.5 Å². The molecule has 2 N–H and O–H groups in total. The average molecular weight is 297 g/mol. The maximum absolute atomic E-state index is 13.4. The molecule has 0 saturated heterocycles. The molecule has 6 heteroatoms. The minimum atomic E-state index is -0.823. The molecule has 104 valence electrons. The van der Waals surface area contributed by atoms with Crippen molar-refractivity contribution in [3.8, 4) is 5.75 Å². The molecule has 0 aromatic heterocycles. The normalized spacial score (nSPS) is 10.3. The van der Waals surface area contributed by atoms with Crippen molar-refractivity contribution in [1.82, 2.24) is 0 Å². The van der Waals surface area contributed by atoms with Crippen LogP contribution in [0.5, 0.6) is 5.75 Å². The van der Waals surface area contributed by atoms with Crippen LogP contribution in [0.25, 0.3) is 0 Å². The van der Waals surface area contributed by atoms with E-state index in [4.69, 9.17) is 22.7 Å². The number of nitrogens with two attached hydrogens (primary N) is 1. The lowest BCUT2D eigenvalue weighted by Gasteiger charge is -2.09. The summed E-state index contributed by atoms with van der Waals surface area (Å²) in [6.45, 7) is -0.0874. The molecule has 0 amide bonds. The number of rotatable bonds is 4. The van der Waals surface area contributed by atoms with Gasteiger partial charge in [0.1, 0.15) is 23.2 Å². The van der Waals surface area contributed by atoms with Crippen LogP contribution < -0.4 is 10.5 Å². The fourth-order valence-corrected chi connectivity index (χ4v) is 1.75. The largest absolute Gasteiger partial charge is 0.486 e. The second kappa shape index (κ2) is 5.92. The Morgan fingerprint density at radius 1 is 1.05 bits per heavy atom. The van der Waals surface area contributed by atoms with E-state index in [0.717, 1.165) is 6.07 Å². The summed E-state index contributed by atoms with van der Waals surface area (Å²) < 4.78 is 44.6. The SMILES string of the molecule is NC(=S)c1cc(F)cc(COc2ccc(F)cc2F)c1. The van der Waals surface area contributed by atoms with Gasteiger partial charge in [-0.1, -0.05) is 12.2 Å². The molecule has 0 atom stereocenters. The monoisotopic (exact) mass is 297 g/mol. The van der Waals surface area contributed by atoms with E-state index in [1.807, 2.05) is 0 Å². The van der Waals surface area contributed by atoms with Gasteiger partial charge in [-0.05, 0) is 35.9 Å². The van der Waals surface area contributed by atoms with Gasteiger partial charge in [0.2, 0.25) is 0 Å². The van der Waals surface area contributed by atoms with Gasteiger partial charge < -0.3 is 10.5 Å². The molecule has 0 aliphatic rings. The fraction of sp³-hybridized carbons (Fsp3) is 0.0714. The Labute approximate surface area is 119 Å². The van der Waals surface area contributed by atoms with Crippen molar-refractivity contribution in [2.45, 2.75) is 6.61 Å². The summed E-state index contributed by atoms with van der Waals surface area (Å²) in [4.78, 5) is 0.0544. The van der Waals surface area contributed by atoms with Crippen LogP contribution in [0.4, 0.5) is 13.2 Å². The van der Waals surface area contributed by atoms with Crippen LogP contribution in [0, 0.1) is 17.5 Å². The van der Waals surface area contributed by atoms with E-state index in [1.165, 1.54) is 18.2 Å². The predicted molar refractivity (Wildman–Crippen MR) is 73.0 cm³/mol. The van der Waals surface area contributed by atoms with E-state index in [2.05, 4.69) is 0 Å². The summed E-state index contributed by atoms with van der Waals surface area (Å²) in [5.74, 6) is -2.16. The molecule has 0 unspecified atom stereocenters. The van der Waals surface area contributed by atoms with Crippen molar-refractivity contribution in [1.29, 1.82) is 0 Å². The molecule has 2 aromatic rings. The van der Waals surface area contributed by atoms with Gasteiger partial charge >= 0.3 is 0 Å². The molecule has 0 saturated carbocycles. The zero-order chi connectivity index (χ0) is 14.7. The first-order chi connectivity index (χ1) is 9.45. The molecule has 0 radical (unpaired) electrons. The first-order valence-corrected chi connectivity index (χ1v) is 6.03. The molecule has 0 fully saturated rings. The summed E-state index contributed by atoms with van der Waals surface area (Å²) in [7, 11) is 0. The third-order valence-electron chi connectivity index (χ3n) is 2.53. The van der Waals surface area contributed by atoms with Crippen LogP contribution >= 0.6 is 12.2 Å². The lowest BCUT2D eigenvalue weighted by atomic mass is 10.1. The number of thiocarbonyl (C=S) groups is 1. The van der Waals surface area contributed by atoms with Gasteiger partial charge in [-0.3, -0.25) is 0 Å². The maximum atomic E-state index is 13.4. The van der Waals surface area contributed by atoms with Crippen LogP contribution in [0.2, 0.25) is 0 Å². The molecular weight excluding hydrogens is 287 g/mol. The molecule has 0 aliphatic carbocycles. The van der Waals surface area contributed by atoms with E-state index in [1.54, 1.807) is 6.07 Å². The average Bonchev–Trinajstić information content (AvgIpc) is 2.37. The molecule has 0 spiro atoms. The summed E-state index contributed by atoms with van der Waals surface area (Å²) in [6.07, 6.45) is 0. The molecule has 2 rings (SSSR count). The first kappa shape index (κ1) is 14.3. The topological polar surface area (TPSA) is 35.2 Å². The highest BCUT2D eigenvalue weighted by Crippen LogP contribution is 2.19. The number of benzene rings is 2. The third-order valence-corrected chi connectivity index (χ3v) is 2.77. The van der Waals surface area contributed by atoms with Crippen LogP contribution in [-0.2, 0) is 6.61 Å². The van der Waals surface area contributed by atoms with Crippen molar-refractivity contribution in [2.75, 3.05) is 0 Å². The molecule has 0 heterocycles. The highest BCUT2D eigenvalue weighted by Gasteiger charge is 2.07. The van der Waals surface area contributed by atoms with Crippen LogP contribution in [0.15, 0.2) is 36.4 Å². The fourth-order valence-electron chi connectivity index (χ4n) is 1.63. The highest BCUT2D eigenvalue weighted by atomic mass is 32.1. The Bertz CT molecular complexity index is 661. The molecule has 2 nitrogen and oxygen atoms in total. The van der Waals surface area contributed by atoms with E-state index in [-0.39, 0.29) is 17.3 Å². The Hall–Kier alpha value is -2.08. The molecular formula is C14H10F3NOS. The predicted octanol–water partition coefficient (Wildman–Crippen LogP) is 3.32. The van der Waals surface area contributed by atoms with Gasteiger partial charge in [0.15, 0.2) is 11.6 Å². The quantitative estimate of drug-likeness (QED) is 0.879. The zero-order valence-electron chi connectivity index (χ0n) is 10.2. The summed E-state index contributed by atoms with van der Waals surface area (Å²) in [5.41, 5.74) is 6.22. The Balaban J connectivity index is 2.16. The number of hydrogen-bond donors (Lipinski definition) is 1. The van der Waals surface area contributed by atoms with E-state index >= 15 is 0 Å². The molecule has 0 aliphatic heterocycles. The van der Waals surface area contributed by atoms with Gasteiger partial charge in [-0.25, -0.2) is 13.2 Å². The van der Waals surface area contributed by atoms with Crippen molar-refractivity contribution in [3.63, 3.8) is 0 Å². The van der Waals surface area contributed by atoms with Crippen LogP contribution in [0.3, 0.4) is 0 Å². The van der Waals surface area contributed by atoms with Crippen LogP contribution in [0.1, 0.15) is 11.1 Å². The van der Waals surface area contributed by atoms with Crippen molar-refractivity contribution >= 4 is 17.2 Å². The second-order valence-corrected chi connectivity index (χ2v) is 4.52. The molecule has 20 heavy (non-hydrogen) atoms. The summed E-state index contributed by atoms with van der Waals surface area (Å²) in [6, 6.07) is 6.92. The van der Waals surface area contributed by atoms with E-state index in [9.17, 15) is 13.2 Å².